The number of aromatic nitrogens is 2. The summed E-state index contributed by atoms with van der Waals surface area (Å²) in [6.45, 7) is -0.380. The molecule has 9 heteroatoms. The number of esters is 1. The van der Waals surface area contributed by atoms with Crippen molar-refractivity contribution in [2.45, 2.75) is 12.8 Å². The predicted octanol–water partition coefficient (Wildman–Crippen LogP) is 3.13. The van der Waals surface area contributed by atoms with Crippen LogP contribution in [0, 0.1) is 0 Å². The molecule has 3 aromatic rings. The molecule has 2 heterocycles. The molecule has 0 saturated carbocycles. The molecule has 0 unspecified atom stereocenters. The Morgan fingerprint density at radius 3 is 2.88 bits per heavy atom. The van der Waals surface area contributed by atoms with Crippen LogP contribution in [0.3, 0.4) is 0 Å². The number of halogens is 3. The maximum atomic E-state index is 12.6. The number of ether oxygens (including phenoxy) is 1. The van der Waals surface area contributed by atoms with Crippen LogP contribution in [0.15, 0.2) is 46.8 Å². The molecule has 0 saturated heterocycles. The molecule has 0 fully saturated rings. The summed E-state index contributed by atoms with van der Waals surface area (Å²) in [6, 6.07) is 4.43. The molecule has 0 aliphatic carbocycles. The van der Waals surface area contributed by atoms with E-state index in [0.29, 0.717) is 4.96 Å². The quantitative estimate of drug-likeness (QED) is 0.678. The highest BCUT2D eigenvalue weighted by atomic mass is 32.1. The molecular weight excluding hydrogens is 345 g/mol. The Morgan fingerprint density at radius 1 is 1.33 bits per heavy atom. The van der Waals surface area contributed by atoms with Gasteiger partial charge >= 0.3 is 12.1 Å². The molecule has 3 rings (SSSR count). The van der Waals surface area contributed by atoms with Gasteiger partial charge < -0.3 is 4.74 Å². The molecule has 124 valence electrons. The minimum absolute atomic E-state index is 0.169. The highest BCUT2D eigenvalue weighted by molar-refractivity contribution is 7.15. The fourth-order valence-corrected chi connectivity index (χ4v) is 2.70. The summed E-state index contributed by atoms with van der Waals surface area (Å²) >= 11 is 1.23. The van der Waals surface area contributed by atoms with Gasteiger partial charge in [0.05, 0.1) is 11.8 Å². The lowest BCUT2D eigenvalue weighted by Gasteiger charge is -2.09. The van der Waals surface area contributed by atoms with Crippen LogP contribution in [0.5, 0.6) is 0 Å². The second-order valence-electron chi connectivity index (χ2n) is 4.81. The van der Waals surface area contributed by atoms with E-state index < -0.39 is 23.3 Å². The van der Waals surface area contributed by atoms with Gasteiger partial charge in [-0.3, -0.25) is 9.20 Å². The first-order valence-electron chi connectivity index (χ1n) is 6.64. The van der Waals surface area contributed by atoms with Crippen molar-refractivity contribution in [1.82, 2.24) is 9.38 Å². The molecule has 2 aromatic heterocycles. The number of rotatable bonds is 3. The second-order valence-corrected chi connectivity index (χ2v) is 5.68. The van der Waals surface area contributed by atoms with Gasteiger partial charge in [0.1, 0.15) is 12.2 Å². The number of hydrogen-bond donors (Lipinski definition) is 0. The van der Waals surface area contributed by atoms with Crippen molar-refractivity contribution >= 4 is 22.3 Å². The summed E-state index contributed by atoms with van der Waals surface area (Å²) in [7, 11) is 0. The van der Waals surface area contributed by atoms with Crippen molar-refractivity contribution in [3.05, 3.63) is 69.1 Å². The van der Waals surface area contributed by atoms with E-state index in [2.05, 4.69) is 4.98 Å². The molecule has 5 nitrogen and oxygen atoms in total. The van der Waals surface area contributed by atoms with E-state index in [1.54, 1.807) is 5.38 Å². The van der Waals surface area contributed by atoms with Crippen molar-refractivity contribution in [3.63, 3.8) is 0 Å². The third kappa shape index (κ3) is 3.16. The lowest BCUT2D eigenvalue weighted by molar-refractivity contribution is -0.137. The topological polar surface area (TPSA) is 60.7 Å². The third-order valence-corrected chi connectivity index (χ3v) is 3.96. The van der Waals surface area contributed by atoms with Crippen molar-refractivity contribution < 1.29 is 22.7 Å². The van der Waals surface area contributed by atoms with Gasteiger partial charge in [-0.25, -0.2) is 9.78 Å². The molecule has 0 radical (unpaired) electrons. The largest absolute Gasteiger partial charge is 0.457 e. The van der Waals surface area contributed by atoms with Crippen LogP contribution in [-0.4, -0.2) is 15.4 Å². The number of benzene rings is 1. The van der Waals surface area contributed by atoms with Gasteiger partial charge in [-0.1, -0.05) is 12.1 Å². The molecular formula is C15H9F3N2O3S. The van der Waals surface area contributed by atoms with Gasteiger partial charge in [0.25, 0.3) is 5.56 Å². The van der Waals surface area contributed by atoms with E-state index in [1.807, 2.05) is 0 Å². The van der Waals surface area contributed by atoms with Gasteiger partial charge in [-0.05, 0) is 17.7 Å². The summed E-state index contributed by atoms with van der Waals surface area (Å²) in [5.41, 5.74) is -1.53. The number of carbonyl (C=O) groups excluding carboxylic acids is 1. The zero-order valence-corrected chi connectivity index (χ0v) is 12.7. The molecule has 0 spiro atoms. The zero-order valence-electron chi connectivity index (χ0n) is 11.9. The van der Waals surface area contributed by atoms with Crippen LogP contribution in [0.4, 0.5) is 13.2 Å². The van der Waals surface area contributed by atoms with Gasteiger partial charge in [0.15, 0.2) is 4.96 Å². The lowest BCUT2D eigenvalue weighted by atomic mass is 10.1. The van der Waals surface area contributed by atoms with Gasteiger partial charge in [0, 0.05) is 11.6 Å². The summed E-state index contributed by atoms with van der Waals surface area (Å²) in [5.74, 6) is -0.939. The van der Waals surface area contributed by atoms with Crippen molar-refractivity contribution in [3.8, 4) is 0 Å². The third-order valence-electron chi connectivity index (χ3n) is 3.19. The minimum Gasteiger partial charge on any atom is -0.457 e. The molecule has 0 aliphatic rings. The fourth-order valence-electron chi connectivity index (χ4n) is 2.03. The second kappa shape index (κ2) is 6.08. The summed E-state index contributed by atoms with van der Waals surface area (Å²) in [5, 5.41) is 1.64. The average molecular weight is 354 g/mol. The summed E-state index contributed by atoms with van der Waals surface area (Å²) < 4.78 is 44.1. The molecule has 1 aromatic carbocycles. The Kier molecular flexibility index (Phi) is 4.10. The molecule has 0 bridgehead atoms. The van der Waals surface area contributed by atoms with Gasteiger partial charge in [0.2, 0.25) is 0 Å². The predicted molar refractivity (Wildman–Crippen MR) is 79.9 cm³/mol. The number of hydrogen-bond acceptors (Lipinski definition) is 5. The Balaban J connectivity index is 1.78. The normalized spacial score (nSPS) is 11.6. The van der Waals surface area contributed by atoms with Crippen molar-refractivity contribution in [2.75, 3.05) is 0 Å². The van der Waals surface area contributed by atoms with E-state index in [9.17, 15) is 22.8 Å². The first kappa shape index (κ1) is 16.2. The highest BCUT2D eigenvalue weighted by Gasteiger charge is 2.30. The standard InChI is InChI=1S/C15H9F3N2O3S/c16-15(17,18)10-3-1-2-9(6-10)8-23-13(22)11-7-19-14-20(12(11)21)4-5-24-14/h1-7H,8H2. The summed E-state index contributed by atoms with van der Waals surface area (Å²) in [4.78, 5) is 28.5. The number of fused-ring (bicyclic) bond motifs is 1. The number of alkyl halides is 3. The monoisotopic (exact) mass is 354 g/mol. The van der Waals surface area contributed by atoms with E-state index >= 15 is 0 Å². The van der Waals surface area contributed by atoms with Crippen LogP contribution >= 0.6 is 11.3 Å². The number of carbonyl (C=O) groups is 1. The highest BCUT2D eigenvalue weighted by Crippen LogP contribution is 2.29. The van der Waals surface area contributed by atoms with Crippen LogP contribution in [-0.2, 0) is 17.5 Å². The first-order chi connectivity index (χ1) is 11.4. The number of nitrogens with zero attached hydrogens (tertiary/aromatic N) is 2. The van der Waals surface area contributed by atoms with E-state index in [-0.39, 0.29) is 17.7 Å². The molecule has 0 aliphatic heterocycles. The van der Waals surface area contributed by atoms with Crippen LogP contribution in [0.25, 0.3) is 4.96 Å². The fraction of sp³-hybridized carbons (Fsp3) is 0.133. The number of thiazole rings is 1. The minimum atomic E-state index is -4.48. The SMILES string of the molecule is O=C(OCc1cccc(C(F)(F)F)c1)c1cnc2sccn2c1=O. The van der Waals surface area contributed by atoms with Crippen molar-refractivity contribution in [2.24, 2.45) is 0 Å². The molecule has 0 amide bonds. The lowest BCUT2D eigenvalue weighted by Crippen LogP contribution is -2.23. The van der Waals surface area contributed by atoms with Crippen LogP contribution in [0.1, 0.15) is 21.5 Å². The van der Waals surface area contributed by atoms with E-state index in [0.717, 1.165) is 18.3 Å². The average Bonchev–Trinajstić information content (AvgIpc) is 3.02. The maximum absolute atomic E-state index is 12.6. The van der Waals surface area contributed by atoms with Crippen LogP contribution < -0.4 is 5.56 Å². The zero-order chi connectivity index (χ0) is 17.3. The Hall–Kier alpha value is -2.68. The van der Waals surface area contributed by atoms with E-state index in [1.165, 1.54) is 34.1 Å². The molecule has 0 atom stereocenters. The Morgan fingerprint density at radius 2 is 2.12 bits per heavy atom. The van der Waals surface area contributed by atoms with Crippen LogP contribution in [0.2, 0.25) is 0 Å². The van der Waals surface area contributed by atoms with Gasteiger partial charge in [-0.2, -0.15) is 13.2 Å². The maximum Gasteiger partial charge on any atom is 0.416 e. The molecule has 0 N–H and O–H groups in total. The first-order valence-corrected chi connectivity index (χ1v) is 7.52. The summed E-state index contributed by atoms with van der Waals surface area (Å²) in [6.07, 6.45) is -1.91. The van der Waals surface area contributed by atoms with E-state index in [4.69, 9.17) is 4.74 Å². The van der Waals surface area contributed by atoms with Gasteiger partial charge in [-0.15, -0.1) is 11.3 Å². The van der Waals surface area contributed by atoms with Crippen molar-refractivity contribution in [1.29, 1.82) is 0 Å². The Labute approximate surface area is 137 Å². The molecule has 24 heavy (non-hydrogen) atoms. The smallest absolute Gasteiger partial charge is 0.416 e. The Bertz CT molecular complexity index is 962.